The minimum atomic E-state index is -0.869. The average molecular weight is 588 g/mol. The van der Waals surface area contributed by atoms with Crippen molar-refractivity contribution in [2.45, 2.75) is 123 Å². The van der Waals surface area contributed by atoms with Gasteiger partial charge in [0.05, 0.1) is 6.61 Å². The number of aliphatic hydroxyl groups is 1. The van der Waals surface area contributed by atoms with Crippen molar-refractivity contribution in [3.8, 4) is 0 Å². The molecule has 1 N–H and O–H groups in total. The fourth-order valence-corrected chi connectivity index (χ4v) is 5.07. The van der Waals surface area contributed by atoms with Gasteiger partial charge in [0.1, 0.15) is 36.6 Å². The van der Waals surface area contributed by atoms with Gasteiger partial charge in [0.2, 0.25) is 0 Å². The predicted octanol–water partition coefficient (Wildman–Crippen LogP) is 6.93. The van der Waals surface area contributed by atoms with E-state index in [0.717, 1.165) is 67.0 Å². The highest BCUT2D eigenvalue weighted by molar-refractivity contribution is 9.10. The van der Waals surface area contributed by atoms with E-state index in [1.807, 2.05) is 25.1 Å². The molecular weight excluding hydrogens is 536 g/mol. The summed E-state index contributed by atoms with van der Waals surface area (Å²) in [5, 5.41) is 11.7. The average Bonchev–Trinajstić information content (AvgIpc) is 2.88. The first-order valence-corrected chi connectivity index (χ1v) is 15.3. The molecule has 0 aliphatic carbocycles. The predicted molar refractivity (Wildman–Crippen MR) is 152 cm³/mol. The number of halogens is 1. The van der Waals surface area contributed by atoms with Crippen LogP contribution in [0.5, 0.6) is 0 Å². The number of aryl methyl sites for hydroxylation is 1. The second kappa shape index (κ2) is 18.7. The highest BCUT2D eigenvalue weighted by Gasteiger charge is 2.50. The minimum Gasteiger partial charge on any atom is -0.386 e. The van der Waals surface area contributed by atoms with Gasteiger partial charge < -0.3 is 28.8 Å². The lowest BCUT2D eigenvalue weighted by Crippen LogP contribution is -2.62. The van der Waals surface area contributed by atoms with Crippen LogP contribution in [0.15, 0.2) is 22.7 Å². The highest BCUT2D eigenvalue weighted by Crippen LogP contribution is 2.36. The van der Waals surface area contributed by atoms with Crippen molar-refractivity contribution in [3.63, 3.8) is 0 Å². The maximum absolute atomic E-state index is 11.7. The maximum Gasteiger partial charge on any atom is 0.117 e. The Bertz CT molecular complexity index is 732. The van der Waals surface area contributed by atoms with Gasteiger partial charge in [-0.2, -0.15) is 0 Å². The van der Waals surface area contributed by atoms with Gasteiger partial charge in [0, 0.05) is 30.9 Å². The van der Waals surface area contributed by atoms with E-state index in [4.69, 9.17) is 23.7 Å². The minimum absolute atomic E-state index is 0.328. The van der Waals surface area contributed by atoms with E-state index in [1.54, 1.807) is 0 Å². The molecule has 214 valence electrons. The Hall–Kier alpha value is -0.540. The Morgan fingerprint density at radius 2 is 1.35 bits per heavy atom. The molecule has 0 spiro atoms. The first kappa shape index (κ1) is 32.7. The molecular formula is C30H51BrO6. The maximum atomic E-state index is 11.7. The van der Waals surface area contributed by atoms with Crippen LogP contribution in [0.1, 0.15) is 96.3 Å². The zero-order chi connectivity index (χ0) is 27.0. The second-order valence-corrected chi connectivity index (χ2v) is 11.0. The number of hydrogen-bond donors (Lipinski definition) is 1. The van der Waals surface area contributed by atoms with Gasteiger partial charge in [0.25, 0.3) is 0 Å². The van der Waals surface area contributed by atoms with Crippen LogP contribution >= 0.6 is 15.9 Å². The van der Waals surface area contributed by atoms with Gasteiger partial charge >= 0.3 is 0 Å². The van der Waals surface area contributed by atoms with E-state index in [2.05, 4.69) is 43.6 Å². The van der Waals surface area contributed by atoms with Crippen LogP contribution in [0.4, 0.5) is 0 Å². The first-order chi connectivity index (χ1) is 18.0. The Morgan fingerprint density at radius 3 is 1.92 bits per heavy atom. The molecule has 1 saturated heterocycles. The van der Waals surface area contributed by atoms with Gasteiger partial charge in [-0.05, 0) is 55.9 Å². The van der Waals surface area contributed by atoms with E-state index in [1.165, 1.54) is 0 Å². The first-order valence-electron chi connectivity index (χ1n) is 14.5. The zero-order valence-electron chi connectivity index (χ0n) is 23.8. The molecule has 0 radical (unpaired) electrons. The van der Waals surface area contributed by atoms with Crippen molar-refractivity contribution < 1.29 is 28.8 Å². The molecule has 7 heteroatoms. The van der Waals surface area contributed by atoms with Crippen LogP contribution < -0.4 is 0 Å². The van der Waals surface area contributed by atoms with Crippen molar-refractivity contribution in [1.82, 2.24) is 0 Å². The summed E-state index contributed by atoms with van der Waals surface area (Å²) in [6.07, 6.45) is 5.07. The molecule has 1 aromatic carbocycles. The molecule has 37 heavy (non-hydrogen) atoms. The molecule has 1 aliphatic heterocycles. The number of rotatable bonds is 19. The van der Waals surface area contributed by atoms with Crippen molar-refractivity contribution in [2.24, 2.45) is 0 Å². The lowest BCUT2D eigenvalue weighted by atomic mass is 9.88. The fourth-order valence-electron chi connectivity index (χ4n) is 4.60. The number of unbranched alkanes of at least 4 members (excludes halogenated alkanes) is 4. The third kappa shape index (κ3) is 10.5. The van der Waals surface area contributed by atoms with Gasteiger partial charge in [0.15, 0.2) is 0 Å². The monoisotopic (exact) mass is 586 g/mol. The standard InChI is InChI=1S/C30H51BrO6/c1-6-10-16-33-21-25-27(34-17-11-7-2)29(35-18-12-8-3)30(36-19-13-9-4)28(37-25)26(32)24-15-14-23(31)20-22(24)5/h14-15,20,25-30,32H,6-13,16-19,21H2,1-5H3/t25?,26-,27-,28-,29+,30?/m1/s1. The third-order valence-electron chi connectivity index (χ3n) is 6.88. The normalized spacial score (nSPS) is 24.9. The van der Waals surface area contributed by atoms with Crippen LogP contribution in [0.3, 0.4) is 0 Å². The second-order valence-electron chi connectivity index (χ2n) is 10.1. The van der Waals surface area contributed by atoms with Gasteiger partial charge in [-0.1, -0.05) is 75.4 Å². The van der Waals surface area contributed by atoms with Gasteiger partial charge in [-0.3, -0.25) is 0 Å². The Kier molecular flexibility index (Phi) is 16.5. The SMILES string of the molecule is CCCCOCC1O[C@H]([C@H](O)c2ccc(Br)cc2C)C(OCCCC)[C@@H](OCCCC)[C@@H]1OCCCC. The lowest BCUT2D eigenvalue weighted by molar-refractivity contribution is -0.281. The largest absolute Gasteiger partial charge is 0.386 e. The molecule has 6 atom stereocenters. The molecule has 0 amide bonds. The Morgan fingerprint density at radius 1 is 0.811 bits per heavy atom. The number of ether oxygens (including phenoxy) is 5. The van der Waals surface area contributed by atoms with Crippen molar-refractivity contribution >= 4 is 15.9 Å². The van der Waals surface area contributed by atoms with E-state index in [-0.39, 0.29) is 18.3 Å². The van der Waals surface area contributed by atoms with Crippen LogP contribution in [-0.4, -0.2) is 68.7 Å². The summed E-state index contributed by atoms with van der Waals surface area (Å²) in [7, 11) is 0. The molecule has 2 rings (SSSR count). The third-order valence-corrected chi connectivity index (χ3v) is 7.37. The van der Waals surface area contributed by atoms with E-state index >= 15 is 0 Å². The topological polar surface area (TPSA) is 66.4 Å². The molecule has 0 aromatic heterocycles. The number of benzene rings is 1. The summed E-state index contributed by atoms with van der Waals surface area (Å²) in [4.78, 5) is 0. The highest BCUT2D eigenvalue weighted by atomic mass is 79.9. The lowest BCUT2D eigenvalue weighted by Gasteiger charge is -2.47. The molecule has 2 unspecified atom stereocenters. The van der Waals surface area contributed by atoms with Gasteiger partial charge in [-0.15, -0.1) is 0 Å². The van der Waals surface area contributed by atoms with Crippen molar-refractivity contribution in [3.05, 3.63) is 33.8 Å². The molecule has 1 heterocycles. The quantitative estimate of drug-likeness (QED) is 0.177. The summed E-state index contributed by atoms with van der Waals surface area (Å²) in [6, 6.07) is 5.93. The van der Waals surface area contributed by atoms with Gasteiger partial charge in [-0.25, -0.2) is 0 Å². The summed E-state index contributed by atoms with van der Waals surface area (Å²) in [5.74, 6) is 0. The smallest absolute Gasteiger partial charge is 0.117 e. The zero-order valence-corrected chi connectivity index (χ0v) is 25.3. The number of hydrogen-bond acceptors (Lipinski definition) is 6. The summed E-state index contributed by atoms with van der Waals surface area (Å²) < 4.78 is 33.1. The van der Waals surface area contributed by atoms with Crippen LogP contribution in [0.2, 0.25) is 0 Å². The van der Waals surface area contributed by atoms with E-state index < -0.39 is 18.3 Å². The molecule has 6 nitrogen and oxygen atoms in total. The van der Waals surface area contributed by atoms with E-state index in [0.29, 0.717) is 33.0 Å². The van der Waals surface area contributed by atoms with Crippen LogP contribution in [-0.2, 0) is 23.7 Å². The van der Waals surface area contributed by atoms with Crippen molar-refractivity contribution in [2.75, 3.05) is 33.0 Å². The summed E-state index contributed by atoms with van der Waals surface area (Å²) >= 11 is 3.54. The molecule has 1 aromatic rings. The van der Waals surface area contributed by atoms with Crippen molar-refractivity contribution in [1.29, 1.82) is 0 Å². The Labute approximate surface area is 233 Å². The summed E-state index contributed by atoms with van der Waals surface area (Å²) in [5.41, 5.74) is 1.83. The molecule has 1 aliphatic rings. The molecule has 0 bridgehead atoms. The molecule has 0 saturated carbocycles. The Balaban J connectivity index is 2.42. The number of aliphatic hydroxyl groups excluding tert-OH is 1. The molecule has 1 fully saturated rings. The fraction of sp³-hybridized carbons (Fsp3) is 0.800. The van der Waals surface area contributed by atoms with E-state index in [9.17, 15) is 5.11 Å². The van der Waals surface area contributed by atoms with Crippen LogP contribution in [0, 0.1) is 6.92 Å². The summed E-state index contributed by atoms with van der Waals surface area (Å²) in [6.45, 7) is 13.5. The van der Waals surface area contributed by atoms with Crippen LogP contribution in [0.25, 0.3) is 0 Å².